The minimum absolute atomic E-state index is 0.162. The lowest BCUT2D eigenvalue weighted by molar-refractivity contribution is -0.147. The number of ether oxygens (including phenoxy) is 1. The number of halogens is 1. The highest BCUT2D eigenvalue weighted by Crippen LogP contribution is 2.36. The highest BCUT2D eigenvalue weighted by Gasteiger charge is 2.42. The molecule has 1 N–H and O–H groups in total. The molecule has 0 unspecified atom stereocenters. The fourth-order valence-electron chi connectivity index (χ4n) is 2.18. The Kier molecular flexibility index (Phi) is 3.54. The maximum atomic E-state index is 12.2. The highest BCUT2D eigenvalue weighted by atomic mass is 79.9. The van der Waals surface area contributed by atoms with Gasteiger partial charge in [-0.25, -0.2) is 4.79 Å². The summed E-state index contributed by atoms with van der Waals surface area (Å²) >= 11 is 3.38. The van der Waals surface area contributed by atoms with Crippen LogP contribution in [-0.2, 0) is 14.3 Å². The van der Waals surface area contributed by atoms with Crippen molar-refractivity contribution in [1.82, 2.24) is 0 Å². The Hall–Kier alpha value is -1.56. The minimum Gasteiger partial charge on any atom is -0.467 e. The second kappa shape index (κ2) is 4.85. The molecule has 5 nitrogen and oxygen atoms in total. The molecule has 6 heteroatoms. The van der Waals surface area contributed by atoms with Crippen molar-refractivity contribution in [3.63, 3.8) is 0 Å². The summed E-state index contributed by atoms with van der Waals surface area (Å²) < 4.78 is 5.64. The van der Waals surface area contributed by atoms with Gasteiger partial charge < -0.3 is 10.1 Å². The van der Waals surface area contributed by atoms with Gasteiger partial charge >= 0.3 is 5.97 Å². The zero-order chi connectivity index (χ0) is 14.2. The molecule has 1 aliphatic heterocycles. The Morgan fingerprint density at radius 1 is 1.47 bits per heavy atom. The normalized spacial score (nSPS) is 14.7. The number of amides is 1. The molecule has 1 aromatic carbocycles. The number of hydrogen-bond donors (Lipinski definition) is 1. The Morgan fingerprint density at radius 3 is 2.79 bits per heavy atom. The summed E-state index contributed by atoms with van der Waals surface area (Å²) in [6.07, 6.45) is 0. The van der Waals surface area contributed by atoms with E-state index < -0.39 is 11.5 Å². The quantitative estimate of drug-likeness (QED) is 0.846. The van der Waals surface area contributed by atoms with Crippen molar-refractivity contribution < 1.29 is 14.3 Å². The van der Waals surface area contributed by atoms with Crippen LogP contribution in [0.2, 0.25) is 0 Å². The predicted octanol–water partition coefficient (Wildman–Crippen LogP) is 2.16. The molecule has 19 heavy (non-hydrogen) atoms. The average molecular weight is 327 g/mol. The number of nitrogens with zero attached hydrogens (tertiary/aromatic N) is 1. The first kappa shape index (κ1) is 13.9. The number of nitrogens with one attached hydrogen (secondary N) is 1. The van der Waals surface area contributed by atoms with Crippen molar-refractivity contribution in [3.8, 4) is 0 Å². The number of hydrogen-bond acceptors (Lipinski definition) is 4. The van der Waals surface area contributed by atoms with Gasteiger partial charge in [0.1, 0.15) is 5.54 Å². The van der Waals surface area contributed by atoms with Crippen molar-refractivity contribution in [2.45, 2.75) is 19.4 Å². The molecule has 1 aliphatic rings. The van der Waals surface area contributed by atoms with Crippen LogP contribution >= 0.6 is 15.9 Å². The van der Waals surface area contributed by atoms with E-state index in [2.05, 4.69) is 21.2 Å². The van der Waals surface area contributed by atoms with Gasteiger partial charge in [0.2, 0.25) is 5.91 Å². The van der Waals surface area contributed by atoms with Gasteiger partial charge in [-0.2, -0.15) is 0 Å². The third-order valence-corrected chi connectivity index (χ3v) is 3.62. The van der Waals surface area contributed by atoms with Crippen LogP contribution in [0.15, 0.2) is 22.7 Å². The lowest BCUT2D eigenvalue weighted by Gasteiger charge is -2.40. The van der Waals surface area contributed by atoms with Crippen LogP contribution in [0.5, 0.6) is 0 Å². The van der Waals surface area contributed by atoms with Gasteiger partial charge in [-0.1, -0.05) is 15.9 Å². The van der Waals surface area contributed by atoms with Crippen molar-refractivity contribution in [2.24, 2.45) is 0 Å². The van der Waals surface area contributed by atoms with E-state index in [1.54, 1.807) is 13.8 Å². The van der Waals surface area contributed by atoms with Gasteiger partial charge in [-0.15, -0.1) is 0 Å². The molecule has 1 amide bonds. The minimum atomic E-state index is -1.05. The average Bonchev–Trinajstić information content (AvgIpc) is 2.36. The van der Waals surface area contributed by atoms with Crippen molar-refractivity contribution in [3.05, 3.63) is 22.7 Å². The monoisotopic (exact) mass is 326 g/mol. The van der Waals surface area contributed by atoms with E-state index in [0.29, 0.717) is 5.69 Å². The molecule has 0 fully saturated rings. The molecule has 2 rings (SSSR count). The van der Waals surface area contributed by atoms with Crippen LogP contribution in [0.3, 0.4) is 0 Å². The van der Waals surface area contributed by atoms with Crippen LogP contribution < -0.4 is 10.2 Å². The first-order valence-corrected chi connectivity index (χ1v) is 6.62. The molecule has 0 aliphatic carbocycles. The summed E-state index contributed by atoms with van der Waals surface area (Å²) in [6, 6.07) is 5.56. The summed E-state index contributed by atoms with van der Waals surface area (Å²) in [5.74, 6) is -0.616. The number of carbonyl (C=O) groups excluding carboxylic acids is 2. The zero-order valence-electron chi connectivity index (χ0n) is 11.0. The molecule has 102 valence electrons. The maximum absolute atomic E-state index is 12.2. The first-order chi connectivity index (χ1) is 8.87. The largest absolute Gasteiger partial charge is 0.467 e. The number of esters is 1. The number of rotatable bonds is 2. The number of anilines is 2. The lowest BCUT2D eigenvalue weighted by atomic mass is 9.99. The molecular weight excluding hydrogens is 312 g/mol. The second-order valence-corrected chi connectivity index (χ2v) is 5.71. The van der Waals surface area contributed by atoms with Crippen molar-refractivity contribution in [1.29, 1.82) is 0 Å². The number of benzene rings is 1. The summed E-state index contributed by atoms with van der Waals surface area (Å²) in [6.45, 7) is 3.51. The Balaban J connectivity index is 2.54. The van der Waals surface area contributed by atoms with Crippen LogP contribution in [-0.4, -0.2) is 31.1 Å². The van der Waals surface area contributed by atoms with Crippen LogP contribution in [0, 0.1) is 0 Å². The Bertz CT molecular complexity index is 543. The van der Waals surface area contributed by atoms with E-state index in [-0.39, 0.29) is 12.5 Å². The summed E-state index contributed by atoms with van der Waals surface area (Å²) in [4.78, 5) is 25.6. The van der Waals surface area contributed by atoms with Crippen LogP contribution in [0.25, 0.3) is 0 Å². The van der Waals surface area contributed by atoms with Gasteiger partial charge in [-0.05, 0) is 32.0 Å². The number of carbonyl (C=O) groups is 2. The Labute approximate surface area is 120 Å². The third-order valence-electron chi connectivity index (χ3n) is 3.12. The summed E-state index contributed by atoms with van der Waals surface area (Å²) in [7, 11) is 1.32. The van der Waals surface area contributed by atoms with E-state index in [1.165, 1.54) is 12.0 Å². The van der Waals surface area contributed by atoms with E-state index in [1.807, 2.05) is 18.2 Å². The summed E-state index contributed by atoms with van der Waals surface area (Å²) in [5, 5.41) is 3.03. The molecule has 0 atom stereocenters. The predicted molar refractivity (Wildman–Crippen MR) is 76.2 cm³/mol. The molecule has 0 spiro atoms. The van der Waals surface area contributed by atoms with Crippen molar-refractivity contribution in [2.75, 3.05) is 23.9 Å². The van der Waals surface area contributed by atoms with Gasteiger partial charge in [-0.3, -0.25) is 9.69 Å². The van der Waals surface area contributed by atoms with E-state index >= 15 is 0 Å². The molecule has 0 saturated heterocycles. The van der Waals surface area contributed by atoms with Gasteiger partial charge in [0.05, 0.1) is 25.0 Å². The first-order valence-electron chi connectivity index (χ1n) is 5.83. The SMILES string of the molecule is COC(=O)C(C)(C)N1C(=O)CNc2ccc(Br)cc21. The third kappa shape index (κ3) is 2.32. The zero-order valence-corrected chi connectivity index (χ0v) is 12.6. The highest BCUT2D eigenvalue weighted by molar-refractivity contribution is 9.10. The fourth-order valence-corrected chi connectivity index (χ4v) is 2.53. The van der Waals surface area contributed by atoms with E-state index in [4.69, 9.17) is 4.74 Å². The standard InChI is InChI=1S/C13H15BrN2O3/c1-13(2,12(18)19-3)16-10-6-8(14)4-5-9(10)15-7-11(16)17/h4-6,15H,7H2,1-3H3. The van der Waals surface area contributed by atoms with Crippen LogP contribution in [0.1, 0.15) is 13.8 Å². The number of fused-ring (bicyclic) bond motifs is 1. The molecule has 0 saturated carbocycles. The molecular formula is C13H15BrN2O3. The number of methoxy groups -OCH3 is 1. The fraction of sp³-hybridized carbons (Fsp3) is 0.385. The van der Waals surface area contributed by atoms with Crippen molar-refractivity contribution >= 4 is 39.2 Å². The van der Waals surface area contributed by atoms with E-state index in [9.17, 15) is 9.59 Å². The summed E-state index contributed by atoms with van der Waals surface area (Å²) in [5.41, 5.74) is 0.435. The van der Waals surface area contributed by atoms with Gasteiger partial charge in [0.15, 0.2) is 0 Å². The van der Waals surface area contributed by atoms with E-state index in [0.717, 1.165) is 10.2 Å². The Morgan fingerprint density at radius 2 is 2.16 bits per heavy atom. The van der Waals surface area contributed by atoms with Gasteiger partial charge in [0.25, 0.3) is 0 Å². The molecule has 0 radical (unpaired) electrons. The molecule has 1 heterocycles. The van der Waals surface area contributed by atoms with Gasteiger partial charge in [0, 0.05) is 4.47 Å². The smallest absolute Gasteiger partial charge is 0.331 e. The van der Waals surface area contributed by atoms with Crippen LogP contribution in [0.4, 0.5) is 11.4 Å². The molecule has 1 aromatic rings. The topological polar surface area (TPSA) is 58.6 Å². The molecule has 0 aromatic heterocycles. The maximum Gasteiger partial charge on any atom is 0.331 e. The molecule has 0 bridgehead atoms. The second-order valence-electron chi connectivity index (χ2n) is 4.79. The lowest BCUT2D eigenvalue weighted by Crippen LogP contribution is -2.57.